The molecule has 3 heterocycles. The van der Waals surface area contributed by atoms with Crippen LogP contribution in [0.1, 0.15) is 33.2 Å². The Hall–Kier alpha value is -1.77. The molecule has 1 saturated carbocycles. The fourth-order valence-corrected chi connectivity index (χ4v) is 3.96. The highest BCUT2D eigenvalue weighted by molar-refractivity contribution is 6.33. The molecule has 1 saturated heterocycles. The van der Waals surface area contributed by atoms with Gasteiger partial charge < -0.3 is 18.8 Å². The number of halogens is 1. The third-order valence-electron chi connectivity index (χ3n) is 4.72. The topological polar surface area (TPSA) is 88.4 Å². The molecule has 4 rings (SSSR count). The van der Waals surface area contributed by atoms with Crippen molar-refractivity contribution in [2.24, 2.45) is 5.92 Å². The Morgan fingerprint density at radius 3 is 2.88 bits per heavy atom. The fraction of sp³-hybridized carbons (Fsp3) is 0.625. The van der Waals surface area contributed by atoms with Gasteiger partial charge in [-0.2, -0.15) is 0 Å². The average Bonchev–Trinajstić information content (AvgIpc) is 3.17. The maximum absolute atomic E-state index is 11.2. The Balaban J connectivity index is 1.68. The molecule has 2 aromatic heterocycles. The van der Waals surface area contributed by atoms with E-state index in [1.165, 1.54) is 13.3 Å². The molecule has 1 aliphatic heterocycles. The van der Waals surface area contributed by atoms with Crippen LogP contribution >= 0.6 is 11.6 Å². The summed E-state index contributed by atoms with van der Waals surface area (Å²) in [6.45, 7) is 5.48. The highest BCUT2D eigenvalue weighted by atomic mass is 35.5. The molecule has 2 fully saturated rings. The van der Waals surface area contributed by atoms with Gasteiger partial charge in [-0.25, -0.2) is 15.0 Å². The minimum Gasteiger partial charge on any atom is -0.465 e. The molecule has 0 bridgehead atoms. The summed E-state index contributed by atoms with van der Waals surface area (Å²) in [6.07, 6.45) is 3.51. The zero-order valence-electron chi connectivity index (χ0n) is 14.2. The van der Waals surface area contributed by atoms with E-state index in [-0.39, 0.29) is 30.1 Å². The minimum absolute atomic E-state index is 0.0374. The van der Waals surface area contributed by atoms with E-state index in [1.54, 1.807) is 6.33 Å². The van der Waals surface area contributed by atoms with Gasteiger partial charge in [-0.1, -0.05) is 11.6 Å². The number of hydrogen-bond acceptors (Lipinski definition) is 7. The predicted octanol–water partition coefficient (Wildman–Crippen LogP) is 2.12. The summed E-state index contributed by atoms with van der Waals surface area (Å²) in [5, 5.41) is 0.318. The lowest BCUT2D eigenvalue weighted by molar-refractivity contribution is -0.164. The first-order chi connectivity index (χ1) is 11.9. The van der Waals surface area contributed by atoms with Crippen molar-refractivity contribution in [3.63, 3.8) is 0 Å². The number of aromatic nitrogens is 4. The molecule has 8 nitrogen and oxygen atoms in total. The Morgan fingerprint density at radius 1 is 1.36 bits per heavy atom. The highest BCUT2D eigenvalue weighted by Gasteiger charge is 2.55. The number of fused-ring (bicyclic) bond motifs is 2. The molecule has 25 heavy (non-hydrogen) atoms. The number of ether oxygens (including phenoxy) is 3. The van der Waals surface area contributed by atoms with Crippen molar-refractivity contribution in [1.29, 1.82) is 0 Å². The fourth-order valence-electron chi connectivity index (χ4n) is 3.78. The third-order valence-corrected chi connectivity index (χ3v) is 5.00. The van der Waals surface area contributed by atoms with E-state index < -0.39 is 5.79 Å². The molecular weight excluding hydrogens is 348 g/mol. The van der Waals surface area contributed by atoms with E-state index in [2.05, 4.69) is 15.0 Å². The van der Waals surface area contributed by atoms with Gasteiger partial charge in [0.25, 0.3) is 0 Å². The van der Waals surface area contributed by atoms with Crippen LogP contribution in [0.25, 0.3) is 11.2 Å². The first-order valence-electron chi connectivity index (χ1n) is 8.18. The predicted molar refractivity (Wildman–Crippen MR) is 87.9 cm³/mol. The molecular formula is C16H19ClN4O4. The molecule has 9 heteroatoms. The van der Waals surface area contributed by atoms with E-state index in [4.69, 9.17) is 25.8 Å². The largest absolute Gasteiger partial charge is 0.465 e. The highest BCUT2D eigenvalue weighted by Crippen LogP contribution is 2.47. The van der Waals surface area contributed by atoms with E-state index in [0.717, 1.165) is 6.42 Å². The number of carbonyl (C=O) groups excluding carboxylic acids is 1. The van der Waals surface area contributed by atoms with Gasteiger partial charge in [-0.15, -0.1) is 0 Å². The van der Waals surface area contributed by atoms with Crippen LogP contribution in [-0.4, -0.2) is 50.1 Å². The number of esters is 1. The van der Waals surface area contributed by atoms with Crippen LogP contribution in [-0.2, 0) is 19.0 Å². The van der Waals surface area contributed by atoms with E-state index >= 15 is 0 Å². The summed E-state index contributed by atoms with van der Waals surface area (Å²) in [6, 6.07) is -0.0386. The monoisotopic (exact) mass is 366 g/mol. The molecule has 0 radical (unpaired) electrons. The van der Waals surface area contributed by atoms with Crippen molar-refractivity contribution >= 4 is 28.7 Å². The number of imidazole rings is 1. The van der Waals surface area contributed by atoms with Gasteiger partial charge in [0.05, 0.1) is 25.1 Å². The van der Waals surface area contributed by atoms with Gasteiger partial charge >= 0.3 is 5.97 Å². The molecule has 2 aliphatic rings. The van der Waals surface area contributed by atoms with Crippen LogP contribution in [0.5, 0.6) is 0 Å². The van der Waals surface area contributed by atoms with Gasteiger partial charge in [0.1, 0.15) is 17.9 Å². The summed E-state index contributed by atoms with van der Waals surface area (Å²) in [7, 11) is 0. The van der Waals surface area contributed by atoms with Crippen molar-refractivity contribution in [2.45, 2.75) is 51.2 Å². The van der Waals surface area contributed by atoms with Crippen molar-refractivity contribution in [3.05, 3.63) is 17.8 Å². The third kappa shape index (κ3) is 2.88. The lowest BCUT2D eigenvalue weighted by Gasteiger charge is -2.24. The van der Waals surface area contributed by atoms with E-state index in [0.29, 0.717) is 22.9 Å². The van der Waals surface area contributed by atoms with Gasteiger partial charge in [0.2, 0.25) is 0 Å². The summed E-state index contributed by atoms with van der Waals surface area (Å²) in [5.41, 5.74) is 1.22. The van der Waals surface area contributed by atoms with Crippen LogP contribution in [0.2, 0.25) is 5.15 Å². The second kappa shape index (κ2) is 5.89. The van der Waals surface area contributed by atoms with E-state index in [9.17, 15) is 4.79 Å². The van der Waals surface area contributed by atoms with Crippen LogP contribution < -0.4 is 0 Å². The van der Waals surface area contributed by atoms with Gasteiger partial charge in [-0.3, -0.25) is 4.79 Å². The molecule has 0 aromatic carbocycles. The molecule has 0 spiro atoms. The molecule has 1 aliphatic carbocycles. The Labute approximate surface area is 149 Å². The molecule has 0 amide bonds. The SMILES string of the molecule is CC(=O)OC[C@H]1C[C@@H](n2cnc3c(Cl)ncnc32)[C@@H]2OC(C)(C)O[C@H]12. The minimum atomic E-state index is -0.689. The van der Waals surface area contributed by atoms with Gasteiger partial charge in [-0.05, 0) is 20.3 Å². The first-order valence-corrected chi connectivity index (χ1v) is 8.55. The Kier molecular flexibility index (Phi) is 3.93. The number of carbonyl (C=O) groups is 1. The zero-order chi connectivity index (χ0) is 17.8. The lowest BCUT2D eigenvalue weighted by Crippen LogP contribution is -2.28. The van der Waals surface area contributed by atoms with Crippen molar-refractivity contribution in [1.82, 2.24) is 19.5 Å². The summed E-state index contributed by atoms with van der Waals surface area (Å²) in [5.74, 6) is -0.952. The molecule has 0 N–H and O–H groups in total. The molecule has 2 aromatic rings. The summed E-state index contributed by atoms with van der Waals surface area (Å²) < 4.78 is 19.4. The normalized spacial score (nSPS) is 30.6. The van der Waals surface area contributed by atoms with E-state index in [1.807, 2.05) is 18.4 Å². The molecule has 134 valence electrons. The van der Waals surface area contributed by atoms with Crippen LogP contribution in [0.3, 0.4) is 0 Å². The van der Waals surface area contributed by atoms with Gasteiger partial charge in [0.15, 0.2) is 16.6 Å². The van der Waals surface area contributed by atoms with Crippen molar-refractivity contribution in [3.8, 4) is 0 Å². The van der Waals surface area contributed by atoms with Gasteiger partial charge in [0, 0.05) is 12.8 Å². The second-order valence-electron chi connectivity index (χ2n) is 6.92. The number of hydrogen-bond donors (Lipinski definition) is 0. The van der Waals surface area contributed by atoms with Crippen molar-refractivity contribution in [2.75, 3.05) is 6.61 Å². The smallest absolute Gasteiger partial charge is 0.302 e. The Morgan fingerprint density at radius 2 is 2.12 bits per heavy atom. The van der Waals surface area contributed by atoms with Crippen LogP contribution in [0, 0.1) is 5.92 Å². The van der Waals surface area contributed by atoms with Crippen LogP contribution in [0.15, 0.2) is 12.7 Å². The number of nitrogens with zero attached hydrogens (tertiary/aromatic N) is 4. The van der Waals surface area contributed by atoms with Crippen molar-refractivity contribution < 1.29 is 19.0 Å². The average molecular weight is 367 g/mol. The quantitative estimate of drug-likeness (QED) is 0.607. The zero-order valence-corrected chi connectivity index (χ0v) is 14.9. The number of rotatable bonds is 3. The maximum Gasteiger partial charge on any atom is 0.302 e. The molecule has 4 atom stereocenters. The second-order valence-corrected chi connectivity index (χ2v) is 7.28. The lowest BCUT2D eigenvalue weighted by atomic mass is 10.1. The summed E-state index contributed by atoms with van der Waals surface area (Å²) >= 11 is 6.11. The standard InChI is InChI=1S/C16H19ClN4O4/c1-8(22)23-5-9-4-10(13-12(9)24-16(2,3)25-13)21-7-20-11-14(17)18-6-19-15(11)21/h6-7,9-10,12-13H,4-5H2,1-3H3/t9-,10-,12-,13+/m1/s1. The van der Waals surface area contributed by atoms with Crippen LogP contribution in [0.4, 0.5) is 0 Å². The summed E-state index contributed by atoms with van der Waals surface area (Å²) in [4.78, 5) is 23.8. The Bertz CT molecular complexity index is 824. The molecule has 0 unspecified atom stereocenters. The maximum atomic E-state index is 11.2. The first kappa shape index (κ1) is 16.7.